The number of carbonyl (C=O) groups excluding carboxylic acids is 2. The van der Waals surface area contributed by atoms with Crippen molar-refractivity contribution in [3.8, 4) is 0 Å². The number of likely N-dealkylation sites (tertiary alicyclic amines) is 1. The molecule has 3 N–H and O–H groups in total. The van der Waals surface area contributed by atoms with E-state index < -0.39 is 12.0 Å². The fraction of sp³-hybridized carbons (Fsp3) is 0.471. The molecule has 0 bridgehead atoms. The molecular weight excluding hydrogens is 346 g/mol. The highest BCUT2D eigenvalue weighted by atomic mass is 35.5. The van der Waals surface area contributed by atoms with Crippen LogP contribution in [0.4, 0.5) is 5.69 Å². The van der Waals surface area contributed by atoms with Crippen molar-refractivity contribution in [2.24, 2.45) is 0 Å². The van der Waals surface area contributed by atoms with Crippen LogP contribution in [-0.2, 0) is 20.8 Å². The highest BCUT2D eigenvalue weighted by Crippen LogP contribution is 2.17. The minimum absolute atomic E-state index is 0. The first kappa shape index (κ1) is 20.9. The van der Waals surface area contributed by atoms with Gasteiger partial charge in [0.2, 0.25) is 11.8 Å². The molecule has 8 heteroatoms. The molecular formula is C17H24ClN3O4. The molecule has 0 radical (unpaired) electrons. The van der Waals surface area contributed by atoms with Crippen molar-refractivity contribution in [1.82, 2.24) is 10.2 Å². The number of carbonyl (C=O) groups is 3. The molecule has 1 atom stereocenters. The summed E-state index contributed by atoms with van der Waals surface area (Å²) >= 11 is 0. The van der Waals surface area contributed by atoms with Crippen molar-refractivity contribution in [3.05, 3.63) is 29.8 Å². The van der Waals surface area contributed by atoms with Crippen LogP contribution < -0.4 is 10.6 Å². The SMILES string of the molecule is CCc1ccccc1NC(=O)CNC(=O)CN1CCCC1C(=O)O.Cl. The molecule has 0 aliphatic carbocycles. The standard InChI is InChI=1S/C17H23N3O4.ClH/c1-2-12-6-3-4-7-13(12)19-15(21)10-18-16(22)11-20-9-5-8-14(20)17(23)24;/h3-4,6-7,14H,2,5,8-11H2,1H3,(H,18,22)(H,19,21)(H,23,24);1H. The topological polar surface area (TPSA) is 98.7 Å². The number of aryl methyl sites for hydroxylation is 1. The summed E-state index contributed by atoms with van der Waals surface area (Å²) in [6, 6.07) is 6.90. The number of halogens is 1. The normalized spacial score (nSPS) is 16.8. The Morgan fingerprint density at radius 1 is 1.24 bits per heavy atom. The van der Waals surface area contributed by atoms with Crippen molar-refractivity contribution < 1.29 is 19.5 Å². The zero-order chi connectivity index (χ0) is 17.5. The second-order valence-electron chi connectivity index (χ2n) is 5.80. The minimum atomic E-state index is -0.908. The molecule has 1 aliphatic heterocycles. The molecule has 0 saturated carbocycles. The number of hydrogen-bond acceptors (Lipinski definition) is 4. The van der Waals surface area contributed by atoms with Crippen molar-refractivity contribution in [3.63, 3.8) is 0 Å². The van der Waals surface area contributed by atoms with E-state index in [0.29, 0.717) is 13.0 Å². The van der Waals surface area contributed by atoms with Gasteiger partial charge in [0.25, 0.3) is 0 Å². The van der Waals surface area contributed by atoms with Crippen LogP contribution in [0.1, 0.15) is 25.3 Å². The third-order valence-corrected chi connectivity index (χ3v) is 4.11. The second kappa shape index (κ2) is 10.0. The largest absolute Gasteiger partial charge is 0.480 e. The van der Waals surface area contributed by atoms with Gasteiger partial charge in [0.05, 0.1) is 13.1 Å². The van der Waals surface area contributed by atoms with Gasteiger partial charge >= 0.3 is 5.97 Å². The van der Waals surface area contributed by atoms with E-state index in [-0.39, 0.29) is 37.3 Å². The number of hydrogen-bond donors (Lipinski definition) is 3. The van der Waals surface area contributed by atoms with Gasteiger partial charge in [0.15, 0.2) is 0 Å². The Kier molecular flexibility index (Phi) is 8.37. The Labute approximate surface area is 153 Å². The molecule has 1 heterocycles. The summed E-state index contributed by atoms with van der Waals surface area (Å²) in [6.45, 7) is 2.44. The molecule has 2 rings (SSSR count). The van der Waals surface area contributed by atoms with Gasteiger partial charge in [-0.1, -0.05) is 25.1 Å². The lowest BCUT2D eigenvalue weighted by Gasteiger charge is -2.20. The van der Waals surface area contributed by atoms with E-state index in [0.717, 1.165) is 24.1 Å². The minimum Gasteiger partial charge on any atom is -0.480 e. The Balaban J connectivity index is 0.00000312. The second-order valence-corrected chi connectivity index (χ2v) is 5.80. The molecule has 1 saturated heterocycles. The lowest BCUT2D eigenvalue weighted by Crippen LogP contribution is -2.44. The number of benzene rings is 1. The van der Waals surface area contributed by atoms with Crippen LogP contribution >= 0.6 is 12.4 Å². The first-order valence-corrected chi connectivity index (χ1v) is 8.12. The van der Waals surface area contributed by atoms with Crippen molar-refractivity contribution >= 4 is 35.9 Å². The van der Waals surface area contributed by atoms with Gasteiger partial charge in [-0.25, -0.2) is 0 Å². The van der Waals surface area contributed by atoms with Gasteiger partial charge in [-0.05, 0) is 37.4 Å². The maximum Gasteiger partial charge on any atom is 0.320 e. The first-order chi connectivity index (χ1) is 11.5. The first-order valence-electron chi connectivity index (χ1n) is 8.12. The molecule has 1 aromatic rings. The Bertz CT molecular complexity index is 624. The van der Waals surface area contributed by atoms with Crippen molar-refractivity contribution in [2.75, 3.05) is 25.0 Å². The molecule has 25 heavy (non-hydrogen) atoms. The monoisotopic (exact) mass is 369 g/mol. The van der Waals surface area contributed by atoms with Crippen LogP contribution in [0, 0.1) is 0 Å². The van der Waals surface area contributed by atoms with E-state index >= 15 is 0 Å². The van der Waals surface area contributed by atoms with E-state index in [1.807, 2.05) is 31.2 Å². The van der Waals surface area contributed by atoms with Crippen LogP contribution in [0.25, 0.3) is 0 Å². The predicted octanol–water partition coefficient (Wildman–Crippen LogP) is 1.27. The van der Waals surface area contributed by atoms with E-state index in [1.165, 1.54) is 0 Å². The summed E-state index contributed by atoms with van der Waals surface area (Å²) < 4.78 is 0. The van der Waals surface area contributed by atoms with Crippen LogP contribution in [0.3, 0.4) is 0 Å². The highest BCUT2D eigenvalue weighted by Gasteiger charge is 2.31. The lowest BCUT2D eigenvalue weighted by molar-refractivity contribution is -0.142. The molecule has 1 aromatic carbocycles. The summed E-state index contributed by atoms with van der Waals surface area (Å²) in [5.41, 5.74) is 1.77. The zero-order valence-corrected chi connectivity index (χ0v) is 15.0. The van der Waals surface area contributed by atoms with Crippen LogP contribution in [0.15, 0.2) is 24.3 Å². The van der Waals surface area contributed by atoms with E-state index in [2.05, 4.69) is 10.6 Å². The maximum atomic E-state index is 12.0. The van der Waals surface area contributed by atoms with Crippen LogP contribution in [0.2, 0.25) is 0 Å². The van der Waals surface area contributed by atoms with E-state index in [1.54, 1.807) is 4.90 Å². The lowest BCUT2D eigenvalue weighted by atomic mass is 10.1. The number of nitrogens with one attached hydrogen (secondary N) is 2. The smallest absolute Gasteiger partial charge is 0.320 e. The number of amides is 2. The molecule has 0 spiro atoms. The van der Waals surface area contributed by atoms with E-state index in [4.69, 9.17) is 5.11 Å². The van der Waals surface area contributed by atoms with E-state index in [9.17, 15) is 14.4 Å². The fourth-order valence-corrected chi connectivity index (χ4v) is 2.86. The number of aliphatic carboxylic acids is 1. The summed E-state index contributed by atoms with van der Waals surface area (Å²) in [5, 5.41) is 14.4. The summed E-state index contributed by atoms with van der Waals surface area (Å²) in [6.07, 6.45) is 2.11. The Morgan fingerprint density at radius 2 is 1.96 bits per heavy atom. The average molecular weight is 370 g/mol. The Morgan fingerprint density at radius 3 is 2.64 bits per heavy atom. The molecule has 0 aromatic heterocycles. The fourth-order valence-electron chi connectivity index (χ4n) is 2.86. The van der Waals surface area contributed by atoms with Crippen LogP contribution in [-0.4, -0.2) is 53.5 Å². The third kappa shape index (κ3) is 6.03. The highest BCUT2D eigenvalue weighted by molar-refractivity contribution is 5.95. The predicted molar refractivity (Wildman–Crippen MR) is 96.9 cm³/mol. The Hall–Kier alpha value is -2.12. The average Bonchev–Trinajstić information content (AvgIpc) is 3.02. The molecule has 1 aliphatic rings. The maximum absolute atomic E-state index is 12.0. The number of rotatable bonds is 7. The summed E-state index contributed by atoms with van der Waals surface area (Å²) in [7, 11) is 0. The van der Waals surface area contributed by atoms with Gasteiger partial charge in [0.1, 0.15) is 6.04 Å². The third-order valence-electron chi connectivity index (χ3n) is 4.11. The molecule has 2 amide bonds. The molecule has 1 fully saturated rings. The summed E-state index contributed by atoms with van der Waals surface area (Å²) in [5.74, 6) is -1.56. The molecule has 138 valence electrons. The van der Waals surface area contributed by atoms with Gasteiger partial charge < -0.3 is 15.7 Å². The van der Waals surface area contributed by atoms with Gasteiger partial charge in [-0.3, -0.25) is 19.3 Å². The van der Waals surface area contributed by atoms with Crippen molar-refractivity contribution in [1.29, 1.82) is 0 Å². The van der Waals surface area contributed by atoms with Crippen molar-refractivity contribution in [2.45, 2.75) is 32.2 Å². The van der Waals surface area contributed by atoms with Gasteiger partial charge in [-0.2, -0.15) is 0 Å². The van der Waals surface area contributed by atoms with Gasteiger partial charge in [0, 0.05) is 5.69 Å². The number of para-hydroxylation sites is 1. The molecule has 1 unspecified atom stereocenters. The number of carboxylic acid groups (broad SMARTS) is 1. The van der Waals surface area contributed by atoms with Crippen LogP contribution in [0.5, 0.6) is 0 Å². The quantitative estimate of drug-likeness (QED) is 0.672. The number of anilines is 1. The summed E-state index contributed by atoms with van der Waals surface area (Å²) in [4.78, 5) is 36.6. The number of carboxylic acids is 1. The number of nitrogens with zero attached hydrogens (tertiary/aromatic N) is 1. The zero-order valence-electron chi connectivity index (χ0n) is 14.2. The molecule has 7 nitrogen and oxygen atoms in total. The van der Waals surface area contributed by atoms with Gasteiger partial charge in [-0.15, -0.1) is 12.4 Å².